The second kappa shape index (κ2) is 4.00. The first-order chi connectivity index (χ1) is 6.41. The first kappa shape index (κ1) is 11.0. The fraction of sp³-hybridized carbons (Fsp3) is 0.375. The van der Waals surface area contributed by atoms with Gasteiger partial charge in [-0.3, -0.25) is 4.79 Å². The summed E-state index contributed by atoms with van der Waals surface area (Å²) in [4.78, 5) is 10.3. The average molecular weight is 224 g/mol. The number of carboxylic acid groups (broad SMARTS) is 1. The maximum atomic E-state index is 12.4. The number of hydrogen-bond acceptors (Lipinski definition) is 2. The summed E-state index contributed by atoms with van der Waals surface area (Å²) < 4.78 is 37.2. The summed E-state index contributed by atoms with van der Waals surface area (Å²) in [7, 11) is 0. The highest BCUT2D eigenvalue weighted by Crippen LogP contribution is 2.38. The Bertz CT molecular complexity index is 305. The quantitative estimate of drug-likeness (QED) is 0.857. The van der Waals surface area contributed by atoms with Crippen molar-refractivity contribution in [3.05, 3.63) is 22.4 Å². The minimum atomic E-state index is -4.50. The van der Waals surface area contributed by atoms with Gasteiger partial charge in [-0.1, -0.05) is 0 Å². The Morgan fingerprint density at radius 1 is 1.57 bits per heavy atom. The first-order valence-corrected chi connectivity index (χ1v) is 4.66. The molecule has 6 heteroatoms. The zero-order valence-corrected chi connectivity index (χ0v) is 7.73. The Balaban J connectivity index is 2.89. The van der Waals surface area contributed by atoms with Gasteiger partial charge in [-0.2, -0.15) is 24.5 Å². The number of aliphatic carboxylic acids is 1. The lowest BCUT2D eigenvalue weighted by atomic mass is 9.98. The number of thiophene rings is 1. The van der Waals surface area contributed by atoms with Gasteiger partial charge in [0, 0.05) is 0 Å². The standard InChI is InChI=1S/C8H7F3O2S/c9-8(10,11)6(3-7(12)13)5-1-2-14-4-5/h1-2,4,6H,3H2,(H,12,13). The van der Waals surface area contributed by atoms with E-state index in [-0.39, 0.29) is 5.56 Å². The number of hydrogen-bond donors (Lipinski definition) is 1. The van der Waals surface area contributed by atoms with Crippen LogP contribution in [0.1, 0.15) is 17.9 Å². The second-order valence-corrected chi connectivity index (χ2v) is 3.53. The fourth-order valence-electron chi connectivity index (χ4n) is 1.07. The van der Waals surface area contributed by atoms with E-state index in [0.717, 1.165) is 11.3 Å². The van der Waals surface area contributed by atoms with E-state index >= 15 is 0 Å². The van der Waals surface area contributed by atoms with Crippen LogP contribution in [0.3, 0.4) is 0 Å². The Hall–Kier alpha value is -1.04. The smallest absolute Gasteiger partial charge is 0.396 e. The van der Waals surface area contributed by atoms with Crippen molar-refractivity contribution in [2.45, 2.75) is 18.5 Å². The average Bonchev–Trinajstić information content (AvgIpc) is 2.49. The molecule has 0 aliphatic heterocycles. The van der Waals surface area contributed by atoms with Crippen molar-refractivity contribution in [2.24, 2.45) is 0 Å². The highest BCUT2D eigenvalue weighted by Gasteiger charge is 2.42. The largest absolute Gasteiger partial charge is 0.481 e. The second-order valence-electron chi connectivity index (χ2n) is 2.75. The third-order valence-electron chi connectivity index (χ3n) is 1.72. The van der Waals surface area contributed by atoms with Crippen LogP contribution in [-0.4, -0.2) is 17.3 Å². The highest BCUT2D eigenvalue weighted by atomic mass is 32.1. The van der Waals surface area contributed by atoms with Gasteiger partial charge in [-0.25, -0.2) is 0 Å². The van der Waals surface area contributed by atoms with Crippen molar-refractivity contribution in [1.29, 1.82) is 0 Å². The molecular formula is C8H7F3O2S. The molecule has 2 nitrogen and oxygen atoms in total. The molecule has 0 saturated heterocycles. The van der Waals surface area contributed by atoms with Crippen LogP contribution in [0.5, 0.6) is 0 Å². The Labute approximate surface area is 82.0 Å². The maximum Gasteiger partial charge on any atom is 0.396 e. The minimum Gasteiger partial charge on any atom is -0.481 e. The summed E-state index contributed by atoms with van der Waals surface area (Å²) in [5.74, 6) is -3.34. The molecule has 1 aromatic rings. The third kappa shape index (κ3) is 2.73. The molecule has 0 aliphatic rings. The SMILES string of the molecule is O=C(O)CC(c1ccsc1)C(F)(F)F. The topological polar surface area (TPSA) is 37.3 Å². The summed E-state index contributed by atoms with van der Waals surface area (Å²) in [6.45, 7) is 0. The molecule has 1 aromatic heterocycles. The minimum absolute atomic E-state index is 0.0184. The van der Waals surface area contributed by atoms with Crippen molar-refractivity contribution in [2.75, 3.05) is 0 Å². The van der Waals surface area contributed by atoms with Crippen molar-refractivity contribution in [1.82, 2.24) is 0 Å². The van der Waals surface area contributed by atoms with Gasteiger partial charge in [0.05, 0.1) is 12.3 Å². The van der Waals surface area contributed by atoms with E-state index in [0.29, 0.717) is 0 Å². The monoisotopic (exact) mass is 224 g/mol. The van der Waals surface area contributed by atoms with Gasteiger partial charge >= 0.3 is 12.1 Å². The van der Waals surface area contributed by atoms with Crippen molar-refractivity contribution < 1.29 is 23.1 Å². The van der Waals surface area contributed by atoms with Crippen LogP contribution < -0.4 is 0 Å². The molecule has 0 amide bonds. The number of halogens is 3. The van der Waals surface area contributed by atoms with Crippen LogP contribution in [0.4, 0.5) is 13.2 Å². The lowest BCUT2D eigenvalue weighted by Crippen LogP contribution is -2.23. The van der Waals surface area contributed by atoms with Gasteiger partial charge in [-0.15, -0.1) is 0 Å². The van der Waals surface area contributed by atoms with Gasteiger partial charge in [0.1, 0.15) is 0 Å². The van der Waals surface area contributed by atoms with Gasteiger partial charge in [0.25, 0.3) is 0 Å². The molecule has 0 aromatic carbocycles. The van der Waals surface area contributed by atoms with Gasteiger partial charge in [-0.05, 0) is 22.4 Å². The summed E-state index contributed by atoms with van der Waals surface area (Å²) in [6, 6.07) is 1.30. The number of alkyl halides is 3. The number of rotatable bonds is 3. The van der Waals surface area contributed by atoms with Crippen LogP contribution in [0, 0.1) is 0 Å². The lowest BCUT2D eigenvalue weighted by molar-refractivity contribution is -0.163. The molecule has 0 bridgehead atoms. The maximum absolute atomic E-state index is 12.4. The molecule has 0 aliphatic carbocycles. The predicted octanol–water partition coefficient (Wildman–Crippen LogP) is 2.87. The first-order valence-electron chi connectivity index (χ1n) is 3.72. The van der Waals surface area contributed by atoms with Crippen LogP contribution in [0.15, 0.2) is 16.8 Å². The molecule has 1 N–H and O–H groups in total. The molecule has 14 heavy (non-hydrogen) atoms. The molecule has 0 spiro atoms. The Morgan fingerprint density at radius 3 is 2.57 bits per heavy atom. The molecule has 1 unspecified atom stereocenters. The Kier molecular flexibility index (Phi) is 3.15. The summed E-state index contributed by atoms with van der Waals surface area (Å²) in [6.07, 6.45) is -5.42. The zero-order valence-electron chi connectivity index (χ0n) is 6.91. The highest BCUT2D eigenvalue weighted by molar-refractivity contribution is 7.08. The molecule has 0 saturated carbocycles. The fourth-order valence-corrected chi connectivity index (χ4v) is 1.78. The van der Waals surface area contributed by atoms with E-state index < -0.39 is 24.5 Å². The van der Waals surface area contributed by atoms with Crippen molar-refractivity contribution >= 4 is 17.3 Å². The molecule has 1 heterocycles. The Morgan fingerprint density at radius 2 is 2.21 bits per heavy atom. The van der Waals surface area contributed by atoms with Crippen molar-refractivity contribution in [3.63, 3.8) is 0 Å². The van der Waals surface area contributed by atoms with E-state index in [1.165, 1.54) is 16.8 Å². The summed E-state index contributed by atoms with van der Waals surface area (Å²) in [5.41, 5.74) is 0.0184. The summed E-state index contributed by atoms with van der Waals surface area (Å²) >= 11 is 1.12. The van der Waals surface area contributed by atoms with Crippen LogP contribution in [-0.2, 0) is 4.79 Å². The molecule has 1 atom stereocenters. The van der Waals surface area contributed by atoms with E-state index in [1.54, 1.807) is 0 Å². The van der Waals surface area contributed by atoms with E-state index in [2.05, 4.69) is 0 Å². The van der Waals surface area contributed by atoms with Crippen LogP contribution in [0.2, 0.25) is 0 Å². The molecule has 0 fully saturated rings. The van der Waals surface area contributed by atoms with Gasteiger partial charge in [0.2, 0.25) is 0 Å². The molecule has 0 radical (unpaired) electrons. The van der Waals surface area contributed by atoms with E-state index in [4.69, 9.17) is 5.11 Å². The summed E-state index contributed by atoms with van der Waals surface area (Å²) in [5, 5.41) is 11.2. The van der Waals surface area contributed by atoms with Crippen LogP contribution in [0.25, 0.3) is 0 Å². The predicted molar refractivity (Wildman–Crippen MR) is 45.4 cm³/mol. The van der Waals surface area contributed by atoms with Gasteiger partial charge < -0.3 is 5.11 Å². The van der Waals surface area contributed by atoms with Crippen molar-refractivity contribution in [3.8, 4) is 0 Å². The lowest BCUT2D eigenvalue weighted by Gasteiger charge is -2.17. The number of carbonyl (C=O) groups is 1. The number of carboxylic acids is 1. The van der Waals surface area contributed by atoms with Crippen LogP contribution >= 0.6 is 11.3 Å². The molecule has 78 valence electrons. The van der Waals surface area contributed by atoms with E-state index in [1.807, 2.05) is 0 Å². The van der Waals surface area contributed by atoms with Gasteiger partial charge in [0.15, 0.2) is 0 Å². The molecule has 1 rings (SSSR count). The van der Waals surface area contributed by atoms with E-state index in [9.17, 15) is 18.0 Å². The third-order valence-corrected chi connectivity index (χ3v) is 2.42. The zero-order chi connectivity index (χ0) is 10.8. The normalized spacial score (nSPS) is 13.9. The molecular weight excluding hydrogens is 217 g/mol.